The molecular weight excluding hydrogens is 162 g/mol. The van der Waals surface area contributed by atoms with Gasteiger partial charge in [-0.15, -0.1) is 0 Å². The lowest BCUT2D eigenvalue weighted by molar-refractivity contribution is 0.130. The third-order valence-electron chi connectivity index (χ3n) is 2.62. The maximum Gasteiger partial charge on any atom is 0.0257 e. The molecule has 0 aromatic rings. The van der Waals surface area contributed by atoms with E-state index in [2.05, 4.69) is 4.90 Å². The van der Waals surface area contributed by atoms with Crippen LogP contribution in [-0.4, -0.2) is 42.6 Å². The maximum atomic E-state index is 5.65. The van der Waals surface area contributed by atoms with Crippen molar-refractivity contribution in [1.29, 1.82) is 0 Å². The van der Waals surface area contributed by atoms with Crippen molar-refractivity contribution in [1.82, 2.24) is 9.91 Å². The predicted molar refractivity (Wildman–Crippen MR) is 56.3 cm³/mol. The minimum atomic E-state index is 1.03. The normalized spacial score (nSPS) is 25.2. The van der Waals surface area contributed by atoms with Crippen molar-refractivity contribution >= 4 is 0 Å². The Morgan fingerprint density at radius 2 is 1.62 bits per heavy atom. The van der Waals surface area contributed by atoms with Crippen LogP contribution in [0.15, 0.2) is 0 Å². The van der Waals surface area contributed by atoms with E-state index in [1.807, 2.05) is 18.9 Å². The van der Waals surface area contributed by atoms with Crippen molar-refractivity contribution in [2.45, 2.75) is 26.7 Å². The fourth-order valence-electron chi connectivity index (χ4n) is 1.61. The standard InChI is InChI=1S/C8H17N3.C2H6/c9-11-5-3-10(4-6-11)7-8-1-2-8;1-2/h8H,1-7,9H2;1-2H3. The molecule has 0 aromatic heterocycles. The van der Waals surface area contributed by atoms with E-state index in [0.717, 1.165) is 19.0 Å². The maximum absolute atomic E-state index is 5.65. The zero-order chi connectivity index (χ0) is 9.68. The van der Waals surface area contributed by atoms with Crippen LogP contribution in [-0.2, 0) is 0 Å². The summed E-state index contributed by atoms with van der Waals surface area (Å²) in [6.45, 7) is 9.77. The minimum absolute atomic E-state index is 1.03. The quantitative estimate of drug-likeness (QED) is 0.649. The van der Waals surface area contributed by atoms with E-state index in [0.29, 0.717) is 0 Å². The van der Waals surface area contributed by atoms with Crippen molar-refractivity contribution in [3.8, 4) is 0 Å². The molecule has 0 unspecified atom stereocenters. The minimum Gasteiger partial charge on any atom is -0.300 e. The first-order valence-electron chi connectivity index (χ1n) is 5.56. The molecule has 2 fully saturated rings. The van der Waals surface area contributed by atoms with Gasteiger partial charge in [0.15, 0.2) is 0 Å². The Morgan fingerprint density at radius 3 is 2.08 bits per heavy atom. The van der Waals surface area contributed by atoms with Crippen molar-refractivity contribution in [2.24, 2.45) is 11.8 Å². The van der Waals surface area contributed by atoms with Gasteiger partial charge < -0.3 is 4.90 Å². The van der Waals surface area contributed by atoms with Crippen molar-refractivity contribution in [2.75, 3.05) is 32.7 Å². The molecule has 1 aliphatic heterocycles. The highest BCUT2D eigenvalue weighted by atomic mass is 15.4. The van der Waals surface area contributed by atoms with E-state index in [1.165, 1.54) is 32.5 Å². The largest absolute Gasteiger partial charge is 0.300 e. The zero-order valence-electron chi connectivity index (χ0n) is 9.00. The first-order chi connectivity index (χ1) is 6.34. The Hall–Kier alpha value is -0.120. The van der Waals surface area contributed by atoms with Gasteiger partial charge in [-0.05, 0) is 18.8 Å². The summed E-state index contributed by atoms with van der Waals surface area (Å²) in [5, 5.41) is 1.92. The van der Waals surface area contributed by atoms with Gasteiger partial charge in [-0.1, -0.05) is 13.8 Å². The van der Waals surface area contributed by atoms with Crippen LogP contribution >= 0.6 is 0 Å². The second kappa shape index (κ2) is 5.58. The lowest BCUT2D eigenvalue weighted by atomic mass is 10.3. The summed E-state index contributed by atoms with van der Waals surface area (Å²) < 4.78 is 0. The Bertz CT molecular complexity index is 126. The highest BCUT2D eigenvalue weighted by Crippen LogP contribution is 2.29. The van der Waals surface area contributed by atoms with E-state index < -0.39 is 0 Å². The van der Waals surface area contributed by atoms with E-state index in [1.54, 1.807) is 0 Å². The molecule has 0 radical (unpaired) electrons. The Morgan fingerprint density at radius 1 is 1.08 bits per heavy atom. The summed E-state index contributed by atoms with van der Waals surface area (Å²) in [7, 11) is 0. The van der Waals surface area contributed by atoms with E-state index in [4.69, 9.17) is 5.84 Å². The highest BCUT2D eigenvalue weighted by molar-refractivity contribution is 4.79. The smallest absolute Gasteiger partial charge is 0.0257 e. The molecule has 1 aliphatic carbocycles. The number of hydrogen-bond acceptors (Lipinski definition) is 3. The van der Waals surface area contributed by atoms with Gasteiger partial charge in [0.1, 0.15) is 0 Å². The van der Waals surface area contributed by atoms with Crippen LogP contribution in [0.1, 0.15) is 26.7 Å². The average Bonchev–Trinajstić information content (AvgIpc) is 2.96. The molecular formula is C10H23N3. The van der Waals surface area contributed by atoms with E-state index in [-0.39, 0.29) is 0 Å². The third-order valence-corrected chi connectivity index (χ3v) is 2.62. The summed E-state index contributed by atoms with van der Waals surface area (Å²) >= 11 is 0. The van der Waals surface area contributed by atoms with Crippen LogP contribution in [0.4, 0.5) is 0 Å². The summed E-state index contributed by atoms with van der Waals surface area (Å²) in [6.07, 6.45) is 2.92. The Kier molecular flexibility index (Phi) is 4.70. The van der Waals surface area contributed by atoms with Crippen LogP contribution < -0.4 is 5.84 Å². The van der Waals surface area contributed by atoms with Gasteiger partial charge in [-0.3, -0.25) is 5.84 Å². The molecule has 1 saturated carbocycles. The number of nitrogens with zero attached hydrogens (tertiary/aromatic N) is 2. The number of hydrazine groups is 1. The van der Waals surface area contributed by atoms with Gasteiger partial charge in [-0.2, -0.15) is 0 Å². The van der Waals surface area contributed by atoms with Crippen LogP contribution in [0.3, 0.4) is 0 Å². The third kappa shape index (κ3) is 4.07. The fourth-order valence-corrected chi connectivity index (χ4v) is 1.61. The molecule has 3 nitrogen and oxygen atoms in total. The zero-order valence-corrected chi connectivity index (χ0v) is 9.00. The Balaban J connectivity index is 0.000000396. The first-order valence-corrected chi connectivity index (χ1v) is 5.56. The summed E-state index contributed by atoms with van der Waals surface area (Å²) in [5.74, 6) is 6.68. The summed E-state index contributed by atoms with van der Waals surface area (Å²) in [5.41, 5.74) is 0. The number of piperazine rings is 1. The molecule has 2 N–H and O–H groups in total. The summed E-state index contributed by atoms with van der Waals surface area (Å²) in [4.78, 5) is 2.54. The molecule has 0 spiro atoms. The topological polar surface area (TPSA) is 32.5 Å². The van der Waals surface area contributed by atoms with E-state index >= 15 is 0 Å². The molecule has 2 aliphatic rings. The molecule has 0 bridgehead atoms. The van der Waals surface area contributed by atoms with Gasteiger partial charge in [0.05, 0.1) is 0 Å². The van der Waals surface area contributed by atoms with Gasteiger partial charge in [0, 0.05) is 32.7 Å². The monoisotopic (exact) mass is 185 g/mol. The van der Waals surface area contributed by atoms with Crippen LogP contribution in [0.5, 0.6) is 0 Å². The number of rotatable bonds is 2. The van der Waals surface area contributed by atoms with E-state index in [9.17, 15) is 0 Å². The average molecular weight is 185 g/mol. The molecule has 13 heavy (non-hydrogen) atoms. The molecule has 78 valence electrons. The molecule has 0 aromatic carbocycles. The van der Waals surface area contributed by atoms with Gasteiger partial charge in [0.25, 0.3) is 0 Å². The molecule has 3 heteroatoms. The molecule has 2 rings (SSSR count). The fraction of sp³-hybridized carbons (Fsp3) is 1.00. The second-order valence-electron chi connectivity index (χ2n) is 3.78. The van der Waals surface area contributed by atoms with Crippen LogP contribution in [0.2, 0.25) is 0 Å². The summed E-state index contributed by atoms with van der Waals surface area (Å²) in [6, 6.07) is 0. The highest BCUT2D eigenvalue weighted by Gasteiger charge is 2.25. The van der Waals surface area contributed by atoms with Crippen molar-refractivity contribution in [3.05, 3.63) is 0 Å². The SMILES string of the molecule is CC.NN1CCN(CC2CC2)CC1. The number of nitrogens with two attached hydrogens (primary N) is 1. The number of hydrogen-bond donors (Lipinski definition) is 1. The van der Waals surface area contributed by atoms with Crippen LogP contribution in [0, 0.1) is 5.92 Å². The molecule has 0 amide bonds. The van der Waals surface area contributed by atoms with Gasteiger partial charge >= 0.3 is 0 Å². The molecule has 1 saturated heterocycles. The first kappa shape index (κ1) is 11.0. The van der Waals surface area contributed by atoms with Gasteiger partial charge in [-0.25, -0.2) is 5.01 Å². The van der Waals surface area contributed by atoms with Crippen molar-refractivity contribution < 1.29 is 0 Å². The lowest BCUT2D eigenvalue weighted by Gasteiger charge is -2.31. The van der Waals surface area contributed by atoms with Gasteiger partial charge in [0.2, 0.25) is 0 Å². The molecule has 1 heterocycles. The second-order valence-corrected chi connectivity index (χ2v) is 3.78. The van der Waals surface area contributed by atoms with Crippen molar-refractivity contribution in [3.63, 3.8) is 0 Å². The lowest BCUT2D eigenvalue weighted by Crippen LogP contribution is -2.49. The van der Waals surface area contributed by atoms with Crippen LogP contribution in [0.25, 0.3) is 0 Å². The molecule has 0 atom stereocenters. The Labute approximate surface area is 81.8 Å². The predicted octanol–water partition coefficient (Wildman–Crippen LogP) is 0.914.